The Morgan fingerprint density at radius 3 is 2.36 bits per heavy atom. The van der Waals surface area contributed by atoms with Crippen molar-refractivity contribution in [2.24, 2.45) is 5.92 Å². The largest absolute Gasteiger partial charge is 0.145 e. The predicted molar refractivity (Wildman–Crippen MR) is 66.2 cm³/mol. The van der Waals surface area contributed by atoms with Crippen molar-refractivity contribution in [2.75, 3.05) is 0 Å². The Balaban J connectivity index is 2.36. The summed E-state index contributed by atoms with van der Waals surface area (Å²) in [7, 11) is 0. The molecule has 1 aromatic heterocycles. The molecule has 14 heavy (non-hydrogen) atoms. The van der Waals surface area contributed by atoms with E-state index < -0.39 is 0 Å². The standard InChI is InChI=1S/C13H22S/c1-10(2)6-5-7-12-8-9-13(14-12)11(3)4/h8-11H,5-7H2,1-4H3. The van der Waals surface area contributed by atoms with Crippen molar-refractivity contribution in [3.8, 4) is 0 Å². The first-order valence-electron chi connectivity index (χ1n) is 5.68. The monoisotopic (exact) mass is 210 g/mol. The molecule has 0 aliphatic heterocycles. The van der Waals surface area contributed by atoms with Gasteiger partial charge in [-0.05, 0) is 36.8 Å². The molecule has 0 amide bonds. The molecule has 0 N–H and O–H groups in total. The fourth-order valence-electron chi connectivity index (χ4n) is 1.52. The molecule has 0 unspecified atom stereocenters. The van der Waals surface area contributed by atoms with Gasteiger partial charge in [0.15, 0.2) is 0 Å². The summed E-state index contributed by atoms with van der Waals surface area (Å²) in [6, 6.07) is 4.60. The Labute approximate surface area is 92.4 Å². The summed E-state index contributed by atoms with van der Waals surface area (Å²) in [5.74, 6) is 1.54. The third kappa shape index (κ3) is 3.83. The Morgan fingerprint density at radius 1 is 1.14 bits per heavy atom. The summed E-state index contributed by atoms with van der Waals surface area (Å²) in [6.07, 6.45) is 3.97. The third-order valence-corrected chi connectivity index (χ3v) is 3.90. The van der Waals surface area contributed by atoms with Gasteiger partial charge in [0, 0.05) is 9.75 Å². The molecule has 0 nitrogen and oxygen atoms in total. The van der Waals surface area contributed by atoms with Gasteiger partial charge in [0.1, 0.15) is 0 Å². The van der Waals surface area contributed by atoms with E-state index in [1.807, 2.05) is 11.3 Å². The minimum absolute atomic E-state index is 0.693. The Morgan fingerprint density at radius 2 is 1.86 bits per heavy atom. The van der Waals surface area contributed by atoms with E-state index in [-0.39, 0.29) is 0 Å². The van der Waals surface area contributed by atoms with Crippen LogP contribution < -0.4 is 0 Å². The maximum absolute atomic E-state index is 2.31. The van der Waals surface area contributed by atoms with E-state index in [4.69, 9.17) is 0 Å². The number of hydrogen-bond acceptors (Lipinski definition) is 1. The molecule has 0 saturated carbocycles. The maximum atomic E-state index is 2.31. The van der Waals surface area contributed by atoms with E-state index in [0.29, 0.717) is 5.92 Å². The summed E-state index contributed by atoms with van der Waals surface area (Å²) in [4.78, 5) is 3.10. The molecule has 0 aliphatic rings. The first-order chi connectivity index (χ1) is 6.59. The lowest BCUT2D eigenvalue weighted by atomic mass is 10.1. The average molecular weight is 210 g/mol. The smallest absolute Gasteiger partial charge is 0.00736 e. The summed E-state index contributed by atoms with van der Waals surface area (Å²) in [6.45, 7) is 9.13. The third-order valence-electron chi connectivity index (χ3n) is 2.46. The SMILES string of the molecule is CC(C)CCCc1ccc(C(C)C)s1. The molecular weight excluding hydrogens is 188 g/mol. The summed E-state index contributed by atoms with van der Waals surface area (Å²) >= 11 is 1.99. The van der Waals surface area contributed by atoms with Gasteiger partial charge in [-0.1, -0.05) is 34.1 Å². The molecule has 1 heteroatoms. The first kappa shape index (κ1) is 11.8. The molecule has 0 aliphatic carbocycles. The van der Waals surface area contributed by atoms with Crippen molar-refractivity contribution >= 4 is 11.3 Å². The molecule has 1 heterocycles. The second-order valence-corrected chi connectivity index (χ2v) is 5.94. The van der Waals surface area contributed by atoms with Gasteiger partial charge in [-0.3, -0.25) is 0 Å². The lowest BCUT2D eigenvalue weighted by Crippen LogP contribution is -1.88. The molecule has 0 atom stereocenters. The Kier molecular flexibility index (Phi) is 4.67. The van der Waals surface area contributed by atoms with Crippen molar-refractivity contribution in [3.05, 3.63) is 21.9 Å². The molecule has 80 valence electrons. The second-order valence-electron chi connectivity index (χ2n) is 4.74. The highest BCUT2D eigenvalue weighted by molar-refractivity contribution is 7.12. The van der Waals surface area contributed by atoms with Crippen molar-refractivity contribution in [2.45, 2.75) is 52.9 Å². The minimum Gasteiger partial charge on any atom is -0.145 e. The van der Waals surface area contributed by atoms with Gasteiger partial charge in [-0.25, -0.2) is 0 Å². The van der Waals surface area contributed by atoms with E-state index in [1.54, 1.807) is 4.88 Å². The van der Waals surface area contributed by atoms with E-state index in [0.717, 1.165) is 5.92 Å². The molecular formula is C13H22S. The Hall–Kier alpha value is -0.300. The predicted octanol–water partition coefficient (Wildman–Crippen LogP) is 4.85. The highest BCUT2D eigenvalue weighted by Gasteiger charge is 2.03. The minimum atomic E-state index is 0.693. The van der Waals surface area contributed by atoms with Gasteiger partial charge >= 0.3 is 0 Å². The molecule has 0 fully saturated rings. The zero-order chi connectivity index (χ0) is 10.6. The number of rotatable bonds is 5. The van der Waals surface area contributed by atoms with Crippen molar-refractivity contribution < 1.29 is 0 Å². The summed E-state index contributed by atoms with van der Waals surface area (Å²) in [5.41, 5.74) is 0. The topological polar surface area (TPSA) is 0 Å². The average Bonchev–Trinajstić information content (AvgIpc) is 2.52. The fraction of sp³-hybridized carbons (Fsp3) is 0.692. The van der Waals surface area contributed by atoms with Gasteiger partial charge < -0.3 is 0 Å². The molecule has 0 spiro atoms. The van der Waals surface area contributed by atoms with Crippen LogP contribution in [0.3, 0.4) is 0 Å². The van der Waals surface area contributed by atoms with Crippen molar-refractivity contribution in [3.63, 3.8) is 0 Å². The van der Waals surface area contributed by atoms with E-state index in [1.165, 1.54) is 24.1 Å². The van der Waals surface area contributed by atoms with Crippen LogP contribution in [0.15, 0.2) is 12.1 Å². The zero-order valence-corrected chi connectivity index (χ0v) is 10.7. The van der Waals surface area contributed by atoms with Crippen LogP contribution in [-0.2, 0) is 6.42 Å². The van der Waals surface area contributed by atoms with Gasteiger partial charge in [0.25, 0.3) is 0 Å². The van der Waals surface area contributed by atoms with Crippen molar-refractivity contribution in [1.29, 1.82) is 0 Å². The Bertz CT molecular complexity index is 258. The summed E-state index contributed by atoms with van der Waals surface area (Å²) < 4.78 is 0. The highest BCUT2D eigenvalue weighted by atomic mass is 32.1. The quantitative estimate of drug-likeness (QED) is 0.651. The number of thiophene rings is 1. The lowest BCUT2D eigenvalue weighted by Gasteiger charge is -2.02. The molecule has 0 aromatic carbocycles. The highest BCUT2D eigenvalue weighted by Crippen LogP contribution is 2.25. The number of aryl methyl sites for hydroxylation is 1. The van der Waals surface area contributed by atoms with E-state index in [9.17, 15) is 0 Å². The zero-order valence-electron chi connectivity index (χ0n) is 9.84. The van der Waals surface area contributed by atoms with E-state index in [2.05, 4.69) is 39.8 Å². The second kappa shape index (κ2) is 5.55. The van der Waals surface area contributed by atoms with Crippen LogP contribution in [0.2, 0.25) is 0 Å². The first-order valence-corrected chi connectivity index (χ1v) is 6.50. The summed E-state index contributed by atoms with van der Waals surface area (Å²) in [5, 5.41) is 0. The van der Waals surface area contributed by atoms with Crippen LogP contribution in [0.4, 0.5) is 0 Å². The van der Waals surface area contributed by atoms with Gasteiger partial charge in [0.2, 0.25) is 0 Å². The fourth-order valence-corrected chi connectivity index (χ4v) is 2.58. The van der Waals surface area contributed by atoms with Crippen LogP contribution in [0.1, 0.15) is 56.2 Å². The molecule has 1 aromatic rings. The number of hydrogen-bond donors (Lipinski definition) is 0. The normalized spacial score (nSPS) is 11.6. The molecule has 0 saturated heterocycles. The maximum Gasteiger partial charge on any atom is 0.00736 e. The van der Waals surface area contributed by atoms with E-state index >= 15 is 0 Å². The van der Waals surface area contributed by atoms with Gasteiger partial charge in [-0.2, -0.15) is 0 Å². The molecule has 1 rings (SSSR count). The van der Waals surface area contributed by atoms with Crippen LogP contribution in [0.25, 0.3) is 0 Å². The molecule has 0 radical (unpaired) electrons. The lowest BCUT2D eigenvalue weighted by molar-refractivity contribution is 0.557. The van der Waals surface area contributed by atoms with Crippen LogP contribution in [0, 0.1) is 5.92 Å². The van der Waals surface area contributed by atoms with Crippen LogP contribution >= 0.6 is 11.3 Å². The van der Waals surface area contributed by atoms with Gasteiger partial charge in [0.05, 0.1) is 0 Å². The van der Waals surface area contributed by atoms with Crippen LogP contribution in [-0.4, -0.2) is 0 Å². The van der Waals surface area contributed by atoms with Crippen molar-refractivity contribution in [1.82, 2.24) is 0 Å². The van der Waals surface area contributed by atoms with Gasteiger partial charge in [-0.15, -0.1) is 11.3 Å². The molecule has 0 bridgehead atoms. The van der Waals surface area contributed by atoms with Crippen LogP contribution in [0.5, 0.6) is 0 Å².